The van der Waals surface area contributed by atoms with E-state index in [4.69, 9.17) is 11.6 Å². The summed E-state index contributed by atoms with van der Waals surface area (Å²) in [5, 5.41) is 0.268. The smallest absolute Gasteiger partial charge is 0.262 e. The van der Waals surface area contributed by atoms with Gasteiger partial charge in [0.2, 0.25) is 5.28 Å². The molecule has 1 aromatic heterocycles. The van der Waals surface area contributed by atoms with Crippen LogP contribution in [0, 0.1) is 13.8 Å². The Kier molecular flexibility index (Phi) is 3.58. The molecule has 2 N–H and O–H groups in total. The monoisotopic (exact) mass is 335 g/mol. The lowest BCUT2D eigenvalue weighted by Crippen LogP contribution is -2.14. The zero-order valence-corrected chi connectivity index (χ0v) is 13.6. The van der Waals surface area contributed by atoms with Gasteiger partial charge in [0.1, 0.15) is 0 Å². The van der Waals surface area contributed by atoms with Crippen LogP contribution in [0.2, 0.25) is 5.28 Å². The minimum atomic E-state index is -3.64. The molecule has 0 fully saturated rings. The maximum atomic E-state index is 12.5. The highest BCUT2D eigenvalue weighted by Crippen LogP contribution is 2.23. The first-order valence-corrected chi connectivity index (χ1v) is 8.46. The first kappa shape index (κ1) is 14.9. The molecule has 0 spiro atoms. The summed E-state index contributed by atoms with van der Waals surface area (Å²) in [7, 11) is -3.64. The highest BCUT2D eigenvalue weighted by Gasteiger charge is 2.17. The van der Waals surface area contributed by atoms with E-state index in [-0.39, 0.29) is 10.2 Å². The predicted molar refractivity (Wildman–Crippen MR) is 87.8 cm³/mol. The maximum absolute atomic E-state index is 12.5. The van der Waals surface area contributed by atoms with Crippen LogP contribution in [-0.4, -0.2) is 18.4 Å². The molecule has 0 bridgehead atoms. The topological polar surface area (TPSA) is 74.8 Å². The minimum absolute atomic E-state index is 0.265. The molecule has 114 valence electrons. The van der Waals surface area contributed by atoms with Gasteiger partial charge < -0.3 is 4.98 Å². The van der Waals surface area contributed by atoms with Crippen LogP contribution >= 0.6 is 11.6 Å². The van der Waals surface area contributed by atoms with Crippen LogP contribution in [0.15, 0.2) is 41.3 Å². The summed E-state index contributed by atoms with van der Waals surface area (Å²) < 4.78 is 27.6. The molecular formula is C15H14ClN3O2S. The van der Waals surface area contributed by atoms with E-state index in [1.165, 1.54) is 0 Å². The quantitative estimate of drug-likeness (QED) is 0.767. The van der Waals surface area contributed by atoms with E-state index in [1.807, 2.05) is 13.0 Å². The summed E-state index contributed by atoms with van der Waals surface area (Å²) in [6.07, 6.45) is 0. The predicted octanol–water partition coefficient (Wildman–Crippen LogP) is 3.63. The fraction of sp³-hybridized carbons (Fsp3) is 0.133. The van der Waals surface area contributed by atoms with E-state index in [9.17, 15) is 8.42 Å². The van der Waals surface area contributed by atoms with Crippen LogP contribution in [0.3, 0.4) is 0 Å². The molecule has 22 heavy (non-hydrogen) atoms. The lowest BCUT2D eigenvalue weighted by molar-refractivity contribution is 0.600. The molecule has 0 aliphatic carbocycles. The van der Waals surface area contributed by atoms with Crippen molar-refractivity contribution in [1.82, 2.24) is 9.97 Å². The first-order valence-electron chi connectivity index (χ1n) is 6.60. The van der Waals surface area contributed by atoms with Crippen LogP contribution < -0.4 is 4.72 Å². The second-order valence-corrected chi connectivity index (χ2v) is 7.14. The fourth-order valence-corrected chi connectivity index (χ4v) is 3.82. The molecule has 3 rings (SSSR count). The van der Waals surface area contributed by atoms with Gasteiger partial charge in [0.25, 0.3) is 10.0 Å². The second-order valence-electron chi connectivity index (χ2n) is 5.13. The average Bonchev–Trinajstić information content (AvgIpc) is 2.77. The van der Waals surface area contributed by atoms with Gasteiger partial charge in [0, 0.05) is 0 Å². The molecule has 5 nitrogen and oxygen atoms in total. The number of halogens is 1. The summed E-state index contributed by atoms with van der Waals surface area (Å²) in [4.78, 5) is 7.19. The number of rotatable bonds is 3. The number of nitrogens with zero attached hydrogens (tertiary/aromatic N) is 1. The third-order valence-corrected chi connectivity index (χ3v) is 5.05. The molecule has 2 aromatic carbocycles. The summed E-state index contributed by atoms with van der Waals surface area (Å²) in [5.74, 6) is 0. The maximum Gasteiger partial charge on any atom is 0.262 e. The van der Waals surface area contributed by atoms with E-state index < -0.39 is 10.0 Å². The Morgan fingerprint density at radius 3 is 2.64 bits per heavy atom. The number of fused-ring (bicyclic) bond motifs is 1. The molecule has 0 unspecified atom stereocenters. The van der Waals surface area contributed by atoms with Gasteiger partial charge in [-0.15, -0.1) is 0 Å². The lowest BCUT2D eigenvalue weighted by atomic mass is 10.2. The van der Waals surface area contributed by atoms with E-state index in [1.54, 1.807) is 37.3 Å². The van der Waals surface area contributed by atoms with Crippen molar-refractivity contribution in [2.45, 2.75) is 18.7 Å². The SMILES string of the molecule is Cc1ccc(S(=O)(=O)Nc2ccc3nc(Cl)[nH]c3c2)c(C)c1. The third kappa shape index (κ3) is 2.80. The molecule has 0 aliphatic rings. The second kappa shape index (κ2) is 5.30. The van der Waals surface area contributed by atoms with Crippen LogP contribution in [-0.2, 0) is 10.0 Å². The van der Waals surface area contributed by atoms with Crippen molar-refractivity contribution in [3.8, 4) is 0 Å². The van der Waals surface area contributed by atoms with E-state index in [2.05, 4.69) is 14.7 Å². The molecule has 7 heteroatoms. The minimum Gasteiger partial charge on any atom is -0.329 e. The normalized spacial score (nSPS) is 11.8. The summed E-state index contributed by atoms with van der Waals surface area (Å²) >= 11 is 5.79. The van der Waals surface area contributed by atoms with E-state index in [0.717, 1.165) is 5.56 Å². The fourth-order valence-electron chi connectivity index (χ4n) is 2.35. The number of aromatic amines is 1. The molecule has 0 atom stereocenters. The van der Waals surface area contributed by atoms with Crippen molar-refractivity contribution in [3.63, 3.8) is 0 Å². The summed E-state index contributed by atoms with van der Waals surface area (Å²) in [6.45, 7) is 3.70. The van der Waals surface area contributed by atoms with Gasteiger partial charge >= 0.3 is 0 Å². The third-order valence-electron chi connectivity index (χ3n) is 3.33. The number of hydrogen-bond donors (Lipinski definition) is 2. The highest BCUT2D eigenvalue weighted by atomic mass is 35.5. The van der Waals surface area contributed by atoms with Gasteiger partial charge in [0.15, 0.2) is 0 Å². The Bertz CT molecular complexity index is 964. The molecule has 0 saturated carbocycles. The Labute approximate surface area is 133 Å². The number of benzene rings is 2. The van der Waals surface area contributed by atoms with Gasteiger partial charge in [-0.05, 0) is 55.3 Å². The molecule has 0 radical (unpaired) electrons. The van der Waals surface area contributed by atoms with Gasteiger partial charge in [-0.2, -0.15) is 0 Å². The summed E-state index contributed by atoms with van der Waals surface area (Å²) in [5.41, 5.74) is 3.53. The zero-order valence-electron chi connectivity index (χ0n) is 12.0. The Hall–Kier alpha value is -2.05. The zero-order chi connectivity index (χ0) is 15.9. The standard InChI is InChI=1S/C15H14ClN3O2S/c1-9-3-6-14(10(2)7-9)22(20,21)19-11-4-5-12-13(8-11)18-15(16)17-12/h3-8,19H,1-2H3,(H,17,18). The highest BCUT2D eigenvalue weighted by molar-refractivity contribution is 7.92. The largest absolute Gasteiger partial charge is 0.329 e. The number of nitrogens with one attached hydrogen (secondary N) is 2. The van der Waals surface area contributed by atoms with Crippen LogP contribution in [0.1, 0.15) is 11.1 Å². The number of anilines is 1. The summed E-state index contributed by atoms with van der Waals surface area (Å²) in [6, 6.07) is 10.2. The number of imidazole rings is 1. The Morgan fingerprint density at radius 2 is 1.91 bits per heavy atom. The van der Waals surface area contributed by atoms with Gasteiger partial charge in [-0.3, -0.25) is 4.72 Å². The van der Waals surface area contributed by atoms with Crippen molar-refractivity contribution in [1.29, 1.82) is 0 Å². The average molecular weight is 336 g/mol. The Balaban J connectivity index is 1.98. The molecular weight excluding hydrogens is 322 g/mol. The number of sulfonamides is 1. The van der Waals surface area contributed by atoms with Crippen molar-refractivity contribution in [2.75, 3.05) is 4.72 Å². The van der Waals surface area contributed by atoms with E-state index in [0.29, 0.717) is 22.3 Å². The van der Waals surface area contributed by atoms with Crippen LogP contribution in [0.5, 0.6) is 0 Å². The van der Waals surface area contributed by atoms with E-state index >= 15 is 0 Å². The lowest BCUT2D eigenvalue weighted by Gasteiger charge is -2.11. The molecule has 0 saturated heterocycles. The number of H-pyrrole nitrogens is 1. The number of hydrogen-bond acceptors (Lipinski definition) is 3. The molecule has 3 aromatic rings. The van der Waals surface area contributed by atoms with Gasteiger partial charge in [0.05, 0.1) is 21.6 Å². The molecule has 1 heterocycles. The van der Waals surface area contributed by atoms with Crippen LogP contribution in [0.25, 0.3) is 11.0 Å². The van der Waals surface area contributed by atoms with Gasteiger partial charge in [-0.25, -0.2) is 13.4 Å². The van der Waals surface area contributed by atoms with Crippen LogP contribution in [0.4, 0.5) is 5.69 Å². The van der Waals surface area contributed by atoms with Crippen molar-refractivity contribution >= 4 is 38.3 Å². The number of aromatic nitrogens is 2. The van der Waals surface area contributed by atoms with Gasteiger partial charge in [-0.1, -0.05) is 17.7 Å². The first-order chi connectivity index (χ1) is 10.3. The van der Waals surface area contributed by atoms with Crippen molar-refractivity contribution < 1.29 is 8.42 Å². The number of aryl methyl sites for hydroxylation is 2. The van der Waals surface area contributed by atoms with Crippen molar-refractivity contribution in [3.05, 3.63) is 52.8 Å². The Morgan fingerprint density at radius 1 is 1.14 bits per heavy atom. The molecule has 0 amide bonds. The van der Waals surface area contributed by atoms with Crippen molar-refractivity contribution in [2.24, 2.45) is 0 Å². The molecule has 0 aliphatic heterocycles.